The van der Waals surface area contributed by atoms with Gasteiger partial charge in [-0.05, 0) is 38.8 Å². The number of aryl methyl sites for hydroxylation is 1. The van der Waals surface area contributed by atoms with Crippen molar-refractivity contribution in [2.24, 2.45) is 0 Å². The number of hydrogen-bond donors (Lipinski definition) is 0. The maximum atomic E-state index is 12.7. The number of para-hydroxylation sites is 1. The number of rotatable bonds is 3. The average Bonchev–Trinajstić information content (AvgIpc) is 2.95. The smallest absolute Gasteiger partial charge is 0.307 e. The highest BCUT2D eigenvalue weighted by atomic mass is 16.6. The molecule has 0 saturated carbocycles. The predicted molar refractivity (Wildman–Crippen MR) is 85.4 cm³/mol. The van der Waals surface area contributed by atoms with Crippen molar-refractivity contribution in [3.63, 3.8) is 0 Å². The molecule has 1 aliphatic heterocycles. The molecule has 0 unspecified atom stereocenters. The van der Waals surface area contributed by atoms with Crippen LogP contribution in [-0.4, -0.2) is 26.7 Å². The van der Waals surface area contributed by atoms with Crippen LogP contribution in [-0.2, 0) is 17.8 Å². The zero-order valence-corrected chi connectivity index (χ0v) is 13.3. The Labute approximate surface area is 133 Å². The number of hydrogen-bond acceptors (Lipinski definition) is 4. The molecule has 23 heavy (non-hydrogen) atoms. The van der Waals surface area contributed by atoms with Crippen molar-refractivity contribution in [2.75, 3.05) is 4.90 Å². The van der Waals surface area contributed by atoms with Crippen molar-refractivity contribution in [3.8, 4) is 0 Å². The molecule has 0 saturated heterocycles. The van der Waals surface area contributed by atoms with Gasteiger partial charge in [0.05, 0.1) is 4.92 Å². The summed E-state index contributed by atoms with van der Waals surface area (Å²) in [6, 6.07) is 7.90. The SMILES string of the molecule is Cc1nn(CC(=O)N2c3ccccc3C[C@@H]2C)c(C)c1[N+](=O)[O-]. The first-order valence-electron chi connectivity index (χ1n) is 7.48. The lowest BCUT2D eigenvalue weighted by Crippen LogP contribution is -2.38. The molecule has 0 bridgehead atoms. The molecule has 2 aromatic rings. The van der Waals surface area contributed by atoms with Gasteiger partial charge in [0.1, 0.15) is 17.9 Å². The number of nitro groups is 1. The fraction of sp³-hybridized carbons (Fsp3) is 0.375. The quantitative estimate of drug-likeness (QED) is 0.643. The van der Waals surface area contributed by atoms with Gasteiger partial charge in [0.2, 0.25) is 5.91 Å². The molecular weight excluding hydrogens is 296 g/mol. The molecular formula is C16H18N4O3. The monoisotopic (exact) mass is 314 g/mol. The number of amides is 1. The van der Waals surface area contributed by atoms with Gasteiger partial charge >= 0.3 is 5.69 Å². The Bertz CT molecular complexity index is 797. The van der Waals surface area contributed by atoms with E-state index in [0.29, 0.717) is 11.4 Å². The Morgan fingerprint density at radius 2 is 2.09 bits per heavy atom. The van der Waals surface area contributed by atoms with Crippen molar-refractivity contribution in [1.29, 1.82) is 0 Å². The Balaban J connectivity index is 1.89. The van der Waals surface area contributed by atoms with Crippen LogP contribution in [0.15, 0.2) is 24.3 Å². The van der Waals surface area contributed by atoms with Crippen molar-refractivity contribution >= 4 is 17.3 Å². The van der Waals surface area contributed by atoms with Gasteiger partial charge in [-0.25, -0.2) is 0 Å². The average molecular weight is 314 g/mol. The minimum absolute atomic E-state index is 0.000806. The molecule has 120 valence electrons. The van der Waals surface area contributed by atoms with Crippen LogP contribution in [0.3, 0.4) is 0 Å². The van der Waals surface area contributed by atoms with Crippen LogP contribution in [0.1, 0.15) is 23.9 Å². The standard InChI is InChI=1S/C16H18N4O3/c1-10-8-13-6-4-5-7-14(13)19(10)15(21)9-18-12(3)16(20(22)23)11(2)17-18/h4-7,10H,8-9H2,1-3H3/t10-/m0/s1. The van der Waals surface area contributed by atoms with E-state index in [1.165, 1.54) is 4.68 Å². The zero-order valence-electron chi connectivity index (χ0n) is 13.3. The normalized spacial score (nSPS) is 16.5. The summed E-state index contributed by atoms with van der Waals surface area (Å²) in [4.78, 5) is 25.1. The molecule has 1 atom stereocenters. The highest BCUT2D eigenvalue weighted by molar-refractivity contribution is 5.96. The highest BCUT2D eigenvalue weighted by Crippen LogP contribution is 2.32. The van der Waals surface area contributed by atoms with Crippen LogP contribution >= 0.6 is 0 Å². The summed E-state index contributed by atoms with van der Waals surface area (Å²) >= 11 is 0. The molecule has 0 radical (unpaired) electrons. The second-order valence-electron chi connectivity index (χ2n) is 5.88. The molecule has 7 nitrogen and oxygen atoms in total. The number of anilines is 1. The van der Waals surface area contributed by atoms with Gasteiger partial charge in [-0.1, -0.05) is 18.2 Å². The number of aromatic nitrogens is 2. The largest absolute Gasteiger partial charge is 0.312 e. The van der Waals surface area contributed by atoms with Crippen LogP contribution in [0.5, 0.6) is 0 Å². The van der Waals surface area contributed by atoms with Gasteiger partial charge in [-0.2, -0.15) is 5.10 Å². The van der Waals surface area contributed by atoms with Crippen LogP contribution in [0.25, 0.3) is 0 Å². The summed E-state index contributed by atoms with van der Waals surface area (Å²) in [6.07, 6.45) is 0.819. The third kappa shape index (κ3) is 2.48. The summed E-state index contributed by atoms with van der Waals surface area (Å²) in [5.41, 5.74) is 2.78. The Morgan fingerprint density at radius 1 is 1.39 bits per heavy atom. The maximum absolute atomic E-state index is 12.7. The molecule has 7 heteroatoms. The van der Waals surface area contributed by atoms with Gasteiger partial charge in [0, 0.05) is 11.7 Å². The summed E-state index contributed by atoms with van der Waals surface area (Å²) in [5, 5.41) is 15.2. The van der Waals surface area contributed by atoms with Gasteiger partial charge < -0.3 is 4.90 Å². The molecule has 1 aliphatic rings. The number of carbonyl (C=O) groups excluding carboxylic acids is 1. The van der Waals surface area contributed by atoms with Crippen LogP contribution in [0.4, 0.5) is 11.4 Å². The molecule has 1 aromatic carbocycles. The first kappa shape index (κ1) is 15.2. The molecule has 3 rings (SSSR count). The van der Waals surface area contributed by atoms with Crippen molar-refractivity contribution in [3.05, 3.63) is 51.3 Å². The van der Waals surface area contributed by atoms with E-state index in [0.717, 1.165) is 17.7 Å². The highest BCUT2D eigenvalue weighted by Gasteiger charge is 2.31. The third-order valence-electron chi connectivity index (χ3n) is 4.29. The van der Waals surface area contributed by atoms with Crippen molar-refractivity contribution in [2.45, 2.75) is 39.8 Å². The van der Waals surface area contributed by atoms with Crippen molar-refractivity contribution in [1.82, 2.24) is 9.78 Å². The molecule has 2 heterocycles. The second-order valence-corrected chi connectivity index (χ2v) is 5.88. The Morgan fingerprint density at radius 3 is 2.74 bits per heavy atom. The van der Waals surface area contributed by atoms with Crippen molar-refractivity contribution < 1.29 is 9.72 Å². The zero-order chi connectivity index (χ0) is 16.7. The van der Waals surface area contributed by atoms with Crippen LogP contribution < -0.4 is 4.90 Å². The van der Waals surface area contributed by atoms with Gasteiger partial charge in [-0.3, -0.25) is 19.6 Å². The lowest BCUT2D eigenvalue weighted by molar-refractivity contribution is -0.386. The van der Waals surface area contributed by atoms with Crippen LogP contribution in [0.2, 0.25) is 0 Å². The fourth-order valence-corrected chi connectivity index (χ4v) is 3.26. The lowest BCUT2D eigenvalue weighted by Gasteiger charge is -2.22. The molecule has 0 fully saturated rings. The summed E-state index contributed by atoms with van der Waals surface area (Å²) in [7, 11) is 0. The fourth-order valence-electron chi connectivity index (χ4n) is 3.26. The Hall–Kier alpha value is -2.70. The van der Waals surface area contributed by atoms with E-state index in [-0.39, 0.29) is 24.2 Å². The number of carbonyl (C=O) groups is 1. The minimum atomic E-state index is -0.452. The van der Waals surface area contributed by atoms with E-state index < -0.39 is 4.92 Å². The van der Waals surface area contributed by atoms with E-state index >= 15 is 0 Å². The number of benzene rings is 1. The second kappa shape index (κ2) is 5.49. The lowest BCUT2D eigenvalue weighted by atomic mass is 10.1. The molecule has 0 spiro atoms. The number of fused-ring (bicyclic) bond motifs is 1. The first-order valence-corrected chi connectivity index (χ1v) is 7.48. The van der Waals surface area contributed by atoms with E-state index in [4.69, 9.17) is 0 Å². The first-order chi connectivity index (χ1) is 10.9. The van der Waals surface area contributed by atoms with E-state index in [9.17, 15) is 14.9 Å². The predicted octanol–water partition coefficient (Wildman–Crippen LogP) is 2.39. The molecule has 0 N–H and O–H groups in total. The van der Waals surface area contributed by atoms with Gasteiger partial charge in [0.25, 0.3) is 0 Å². The van der Waals surface area contributed by atoms with E-state index in [1.807, 2.05) is 31.2 Å². The maximum Gasteiger partial charge on any atom is 0.312 e. The molecule has 0 aliphatic carbocycles. The molecule has 1 aromatic heterocycles. The van der Waals surface area contributed by atoms with Gasteiger partial charge in [0.15, 0.2) is 0 Å². The van der Waals surface area contributed by atoms with E-state index in [2.05, 4.69) is 5.10 Å². The number of nitrogens with zero attached hydrogens (tertiary/aromatic N) is 4. The summed E-state index contributed by atoms with van der Waals surface area (Å²) in [5.74, 6) is -0.108. The van der Waals surface area contributed by atoms with Gasteiger partial charge in [-0.15, -0.1) is 0 Å². The van der Waals surface area contributed by atoms with Crippen LogP contribution in [0, 0.1) is 24.0 Å². The summed E-state index contributed by atoms with van der Waals surface area (Å²) in [6.45, 7) is 5.20. The third-order valence-corrected chi connectivity index (χ3v) is 4.29. The topological polar surface area (TPSA) is 81.3 Å². The summed E-state index contributed by atoms with van der Waals surface area (Å²) < 4.78 is 1.42. The van der Waals surface area contributed by atoms with E-state index in [1.54, 1.807) is 18.7 Å². The Kier molecular flexibility index (Phi) is 3.63. The minimum Gasteiger partial charge on any atom is -0.307 e. The molecule has 1 amide bonds.